The van der Waals surface area contributed by atoms with Crippen molar-refractivity contribution in [1.82, 2.24) is 10.6 Å². The molecule has 1 heterocycles. The van der Waals surface area contributed by atoms with Gasteiger partial charge in [-0.15, -0.1) is 24.0 Å². The number of hydrogen-bond donors (Lipinski definition) is 3. The summed E-state index contributed by atoms with van der Waals surface area (Å²) in [5.41, 5.74) is 2.07. The Morgan fingerprint density at radius 2 is 1.68 bits per heavy atom. The van der Waals surface area contributed by atoms with E-state index in [4.69, 9.17) is 9.15 Å². The maximum absolute atomic E-state index is 10.4. The zero-order valence-corrected chi connectivity index (χ0v) is 20.0. The van der Waals surface area contributed by atoms with Crippen molar-refractivity contribution in [1.29, 1.82) is 0 Å². The lowest BCUT2D eigenvalue weighted by molar-refractivity contribution is 0.187. The van der Waals surface area contributed by atoms with E-state index in [0.717, 1.165) is 36.5 Å². The van der Waals surface area contributed by atoms with Crippen LogP contribution in [0.2, 0.25) is 0 Å². The van der Waals surface area contributed by atoms with E-state index in [-0.39, 0.29) is 30.5 Å². The highest BCUT2D eigenvalue weighted by Gasteiger charge is 2.07. The van der Waals surface area contributed by atoms with Crippen LogP contribution in [0, 0.1) is 0 Å². The van der Waals surface area contributed by atoms with E-state index in [1.807, 2.05) is 54.6 Å². The second-order valence-electron chi connectivity index (χ2n) is 6.90. The largest absolute Gasteiger partial charge is 0.497 e. The number of furan rings is 1. The van der Waals surface area contributed by atoms with Gasteiger partial charge in [0, 0.05) is 19.5 Å². The third-order valence-electron chi connectivity index (χ3n) is 4.72. The molecule has 0 spiro atoms. The molecule has 166 valence electrons. The molecule has 0 saturated carbocycles. The predicted octanol–water partition coefficient (Wildman–Crippen LogP) is 3.96. The van der Waals surface area contributed by atoms with Gasteiger partial charge in [0.25, 0.3) is 0 Å². The van der Waals surface area contributed by atoms with Gasteiger partial charge < -0.3 is 24.9 Å². The number of nitrogens with one attached hydrogen (secondary N) is 2. The van der Waals surface area contributed by atoms with Gasteiger partial charge >= 0.3 is 0 Å². The molecule has 6 nitrogen and oxygen atoms in total. The highest BCUT2D eigenvalue weighted by atomic mass is 127. The van der Waals surface area contributed by atoms with Crippen LogP contribution in [-0.4, -0.2) is 37.8 Å². The highest BCUT2D eigenvalue weighted by molar-refractivity contribution is 14.0. The summed E-state index contributed by atoms with van der Waals surface area (Å²) in [5.74, 6) is 2.44. The second kappa shape index (κ2) is 13.7. The number of rotatable bonds is 10. The van der Waals surface area contributed by atoms with Gasteiger partial charge in [-0.3, -0.25) is 4.99 Å². The third kappa shape index (κ3) is 8.63. The fourth-order valence-electron chi connectivity index (χ4n) is 3.01. The Balaban J connectivity index is 0.00000341. The zero-order valence-electron chi connectivity index (χ0n) is 17.7. The van der Waals surface area contributed by atoms with Crippen LogP contribution < -0.4 is 15.4 Å². The van der Waals surface area contributed by atoms with Gasteiger partial charge in [-0.25, -0.2) is 0 Å². The molecule has 1 unspecified atom stereocenters. The Morgan fingerprint density at radius 1 is 0.968 bits per heavy atom. The van der Waals surface area contributed by atoms with Gasteiger partial charge in [-0.2, -0.15) is 0 Å². The van der Waals surface area contributed by atoms with Gasteiger partial charge in [0.05, 0.1) is 26.0 Å². The van der Waals surface area contributed by atoms with Crippen molar-refractivity contribution in [3.8, 4) is 5.75 Å². The smallest absolute Gasteiger partial charge is 0.191 e. The Morgan fingerprint density at radius 3 is 2.32 bits per heavy atom. The molecule has 0 radical (unpaired) electrons. The molecule has 0 amide bonds. The first-order valence-corrected chi connectivity index (χ1v) is 10.1. The lowest BCUT2D eigenvalue weighted by Crippen LogP contribution is -2.39. The first-order valence-electron chi connectivity index (χ1n) is 10.1. The van der Waals surface area contributed by atoms with Crippen molar-refractivity contribution >= 4 is 29.9 Å². The van der Waals surface area contributed by atoms with Crippen LogP contribution in [0.5, 0.6) is 5.75 Å². The average molecular weight is 535 g/mol. The SMILES string of the molecule is COc1ccc(CCNC(=NCC(O)c2ccccc2)NCCc2ccco2)cc1.I. The molecule has 3 rings (SSSR count). The lowest BCUT2D eigenvalue weighted by Gasteiger charge is -2.14. The Labute approximate surface area is 200 Å². The minimum Gasteiger partial charge on any atom is -0.497 e. The fraction of sp³-hybridized carbons (Fsp3) is 0.292. The molecule has 0 aliphatic heterocycles. The molecule has 2 aromatic carbocycles. The van der Waals surface area contributed by atoms with Gasteiger partial charge in [-0.05, 0) is 41.8 Å². The van der Waals surface area contributed by atoms with Crippen LogP contribution in [0.1, 0.15) is 23.0 Å². The highest BCUT2D eigenvalue weighted by Crippen LogP contribution is 2.12. The molecule has 0 aliphatic rings. The minimum atomic E-state index is -0.642. The number of halogens is 1. The third-order valence-corrected chi connectivity index (χ3v) is 4.72. The summed E-state index contributed by atoms with van der Waals surface area (Å²) >= 11 is 0. The second-order valence-corrected chi connectivity index (χ2v) is 6.90. The molecule has 0 bridgehead atoms. The van der Waals surface area contributed by atoms with Crippen molar-refractivity contribution in [2.24, 2.45) is 4.99 Å². The molecular weight excluding hydrogens is 505 g/mol. The summed E-state index contributed by atoms with van der Waals surface area (Å²) in [4.78, 5) is 4.57. The average Bonchev–Trinajstić information content (AvgIpc) is 3.31. The minimum absolute atomic E-state index is 0. The molecule has 0 saturated heterocycles. The Hall–Kier alpha value is -2.52. The number of hydrogen-bond acceptors (Lipinski definition) is 4. The van der Waals surface area contributed by atoms with E-state index in [1.54, 1.807) is 13.4 Å². The number of ether oxygens (including phenoxy) is 1. The van der Waals surface area contributed by atoms with Crippen molar-refractivity contribution in [3.63, 3.8) is 0 Å². The van der Waals surface area contributed by atoms with Crippen molar-refractivity contribution in [2.75, 3.05) is 26.7 Å². The van der Waals surface area contributed by atoms with Crippen LogP contribution in [-0.2, 0) is 12.8 Å². The van der Waals surface area contributed by atoms with Gasteiger partial charge in [0.1, 0.15) is 11.5 Å². The molecule has 7 heteroatoms. The molecule has 0 aliphatic carbocycles. The summed E-state index contributed by atoms with van der Waals surface area (Å²) in [6.07, 6.45) is 2.64. The summed E-state index contributed by atoms with van der Waals surface area (Å²) < 4.78 is 10.6. The summed E-state index contributed by atoms with van der Waals surface area (Å²) in [7, 11) is 1.66. The first-order chi connectivity index (χ1) is 14.7. The molecule has 3 N–H and O–H groups in total. The zero-order chi connectivity index (χ0) is 21.0. The van der Waals surface area contributed by atoms with E-state index >= 15 is 0 Å². The van der Waals surface area contributed by atoms with E-state index in [2.05, 4.69) is 27.8 Å². The number of benzene rings is 2. The van der Waals surface area contributed by atoms with Crippen LogP contribution >= 0.6 is 24.0 Å². The molecule has 1 atom stereocenters. The van der Waals surface area contributed by atoms with Crippen LogP contribution in [0.4, 0.5) is 0 Å². The summed E-state index contributed by atoms with van der Waals surface area (Å²) in [6.45, 7) is 1.69. The fourth-order valence-corrected chi connectivity index (χ4v) is 3.01. The van der Waals surface area contributed by atoms with Gasteiger partial charge in [0.2, 0.25) is 0 Å². The lowest BCUT2D eigenvalue weighted by atomic mass is 10.1. The summed E-state index contributed by atoms with van der Waals surface area (Å²) in [6, 6.07) is 21.4. The monoisotopic (exact) mass is 535 g/mol. The van der Waals surface area contributed by atoms with E-state index in [0.29, 0.717) is 12.5 Å². The van der Waals surface area contributed by atoms with E-state index in [1.165, 1.54) is 5.56 Å². The Kier molecular flexibility index (Phi) is 10.9. The number of nitrogens with zero attached hydrogens (tertiary/aromatic N) is 1. The topological polar surface area (TPSA) is 79.0 Å². The standard InChI is InChI=1S/C24H29N3O3.HI/c1-29-21-11-9-19(10-12-21)13-15-25-24(26-16-14-22-8-5-17-30-22)27-18-23(28)20-6-3-2-4-7-20;/h2-12,17,23,28H,13-16,18H2,1H3,(H2,25,26,27);1H. The van der Waals surface area contributed by atoms with Crippen molar-refractivity contribution < 1.29 is 14.3 Å². The molecule has 3 aromatic rings. The molecule has 31 heavy (non-hydrogen) atoms. The van der Waals surface area contributed by atoms with Gasteiger partial charge in [-0.1, -0.05) is 42.5 Å². The molecule has 0 fully saturated rings. The summed E-state index contributed by atoms with van der Waals surface area (Å²) in [5, 5.41) is 17.1. The normalized spacial score (nSPS) is 12.0. The van der Waals surface area contributed by atoms with Crippen molar-refractivity contribution in [2.45, 2.75) is 18.9 Å². The molecule has 1 aromatic heterocycles. The van der Waals surface area contributed by atoms with Crippen LogP contribution in [0.25, 0.3) is 0 Å². The maximum atomic E-state index is 10.4. The number of aliphatic imine (C=N–C) groups is 1. The number of guanidine groups is 1. The van der Waals surface area contributed by atoms with Gasteiger partial charge in [0.15, 0.2) is 5.96 Å². The number of aliphatic hydroxyl groups is 1. The van der Waals surface area contributed by atoms with Crippen molar-refractivity contribution in [3.05, 3.63) is 89.9 Å². The Bertz CT molecular complexity index is 884. The number of aliphatic hydroxyl groups excluding tert-OH is 1. The van der Waals surface area contributed by atoms with Crippen LogP contribution in [0.15, 0.2) is 82.4 Å². The maximum Gasteiger partial charge on any atom is 0.191 e. The quantitative estimate of drug-likeness (QED) is 0.208. The van der Waals surface area contributed by atoms with Crippen LogP contribution in [0.3, 0.4) is 0 Å². The first kappa shape index (κ1) is 24.7. The van der Waals surface area contributed by atoms with E-state index in [9.17, 15) is 5.11 Å². The van der Waals surface area contributed by atoms with E-state index < -0.39 is 6.10 Å². The molecular formula is C24H30IN3O3. The number of methoxy groups -OCH3 is 1. The predicted molar refractivity (Wildman–Crippen MR) is 134 cm³/mol.